The van der Waals surface area contributed by atoms with Crippen molar-refractivity contribution in [1.29, 1.82) is 0 Å². The summed E-state index contributed by atoms with van der Waals surface area (Å²) in [4.78, 5) is 4.30. The van der Waals surface area contributed by atoms with Gasteiger partial charge in [-0.2, -0.15) is 0 Å². The van der Waals surface area contributed by atoms with Crippen LogP contribution in [0.25, 0.3) is 0 Å². The Balaban J connectivity index is 2.13. The molecule has 0 radical (unpaired) electrons. The summed E-state index contributed by atoms with van der Waals surface area (Å²) in [6.45, 7) is 0. The van der Waals surface area contributed by atoms with Gasteiger partial charge < -0.3 is 20.5 Å². The van der Waals surface area contributed by atoms with Crippen LogP contribution in [0, 0.1) is 0 Å². The number of rotatable bonds is 4. The number of hydrogen-bond donors (Lipinski definition) is 2. The first-order chi connectivity index (χ1) is 8.21. The van der Waals surface area contributed by atoms with Gasteiger partial charge in [-0.05, 0) is 12.8 Å². The second kappa shape index (κ2) is 4.95. The molecule has 0 aliphatic heterocycles. The van der Waals surface area contributed by atoms with Gasteiger partial charge in [-0.25, -0.2) is 4.99 Å². The molecule has 1 saturated carbocycles. The summed E-state index contributed by atoms with van der Waals surface area (Å²) in [6.07, 6.45) is 2.26. The second-order valence-electron chi connectivity index (χ2n) is 3.97. The quantitative estimate of drug-likeness (QED) is 0.614. The van der Waals surface area contributed by atoms with Gasteiger partial charge in [-0.3, -0.25) is 0 Å². The molecule has 5 heteroatoms. The summed E-state index contributed by atoms with van der Waals surface area (Å²) in [7, 11) is 3.22. The van der Waals surface area contributed by atoms with Crippen molar-refractivity contribution in [3.05, 3.63) is 18.2 Å². The molecule has 1 aliphatic carbocycles. The molecule has 1 aliphatic rings. The van der Waals surface area contributed by atoms with Crippen LogP contribution in [0.3, 0.4) is 0 Å². The van der Waals surface area contributed by atoms with E-state index < -0.39 is 0 Å². The Labute approximate surface area is 101 Å². The number of guanidine groups is 1. The third kappa shape index (κ3) is 3.27. The van der Waals surface area contributed by atoms with E-state index in [1.807, 2.05) is 12.1 Å². The molecule has 0 heterocycles. The normalized spacial score (nSPS) is 15.5. The zero-order chi connectivity index (χ0) is 12.3. The van der Waals surface area contributed by atoms with Crippen LogP contribution < -0.4 is 20.5 Å². The Morgan fingerprint density at radius 1 is 1.24 bits per heavy atom. The minimum Gasteiger partial charge on any atom is -0.497 e. The molecule has 1 aromatic carbocycles. The van der Waals surface area contributed by atoms with Crippen molar-refractivity contribution in [3.8, 4) is 11.5 Å². The van der Waals surface area contributed by atoms with E-state index in [2.05, 4.69) is 10.3 Å². The monoisotopic (exact) mass is 235 g/mol. The van der Waals surface area contributed by atoms with Crippen molar-refractivity contribution in [2.24, 2.45) is 10.7 Å². The van der Waals surface area contributed by atoms with E-state index in [4.69, 9.17) is 15.2 Å². The highest BCUT2D eigenvalue weighted by molar-refractivity contribution is 5.92. The molecule has 2 rings (SSSR count). The molecule has 92 valence electrons. The fourth-order valence-electron chi connectivity index (χ4n) is 1.46. The molecule has 0 aromatic heterocycles. The number of hydrogen-bond acceptors (Lipinski definition) is 3. The Hall–Kier alpha value is -1.91. The highest BCUT2D eigenvalue weighted by Gasteiger charge is 2.20. The Morgan fingerprint density at radius 2 is 1.82 bits per heavy atom. The van der Waals surface area contributed by atoms with Gasteiger partial charge in [0, 0.05) is 23.9 Å². The van der Waals surface area contributed by atoms with Crippen LogP contribution in [-0.4, -0.2) is 26.2 Å². The van der Waals surface area contributed by atoms with Crippen molar-refractivity contribution in [2.45, 2.75) is 18.9 Å². The van der Waals surface area contributed by atoms with E-state index in [1.165, 1.54) is 0 Å². The molecule has 3 N–H and O–H groups in total. The van der Waals surface area contributed by atoms with Gasteiger partial charge in [0.05, 0.1) is 20.3 Å². The fraction of sp³-hybridized carbons (Fsp3) is 0.417. The van der Waals surface area contributed by atoms with Gasteiger partial charge in [0.2, 0.25) is 0 Å². The third-order valence-corrected chi connectivity index (χ3v) is 2.49. The predicted octanol–water partition coefficient (Wildman–Crippen LogP) is 1.59. The van der Waals surface area contributed by atoms with E-state index in [-0.39, 0.29) is 0 Å². The van der Waals surface area contributed by atoms with Gasteiger partial charge in [0.25, 0.3) is 0 Å². The molecular weight excluding hydrogens is 218 g/mol. The summed E-state index contributed by atoms with van der Waals surface area (Å²) in [5, 5.41) is 3.03. The average molecular weight is 235 g/mol. The number of aliphatic imine (C=N–C) groups is 1. The molecule has 0 saturated heterocycles. The van der Waals surface area contributed by atoms with Crippen LogP contribution in [0.5, 0.6) is 11.5 Å². The molecule has 0 unspecified atom stereocenters. The van der Waals surface area contributed by atoms with Gasteiger partial charge >= 0.3 is 0 Å². The van der Waals surface area contributed by atoms with E-state index >= 15 is 0 Å². The van der Waals surface area contributed by atoms with E-state index in [0.29, 0.717) is 23.5 Å². The molecule has 0 atom stereocenters. The van der Waals surface area contributed by atoms with E-state index in [9.17, 15) is 0 Å². The fourth-order valence-corrected chi connectivity index (χ4v) is 1.46. The maximum absolute atomic E-state index is 5.79. The Morgan fingerprint density at radius 3 is 2.29 bits per heavy atom. The van der Waals surface area contributed by atoms with Crippen LogP contribution >= 0.6 is 0 Å². The standard InChI is InChI=1S/C12H17N3O2/c1-16-10-5-9(6-11(7-10)17-2)15-12(13)14-8-3-4-8/h5-8H,3-4H2,1-2H3,(H3,13,14,15). The van der Waals surface area contributed by atoms with Crippen LogP contribution in [0.15, 0.2) is 23.2 Å². The lowest BCUT2D eigenvalue weighted by atomic mass is 10.3. The summed E-state index contributed by atoms with van der Waals surface area (Å²) >= 11 is 0. The SMILES string of the molecule is COc1cc(NC(N)=NC2CC2)cc(OC)c1. The molecule has 0 amide bonds. The highest BCUT2D eigenvalue weighted by Crippen LogP contribution is 2.26. The first kappa shape index (κ1) is 11.6. The Bertz CT molecular complexity index is 406. The lowest BCUT2D eigenvalue weighted by molar-refractivity contribution is 0.395. The first-order valence-corrected chi connectivity index (χ1v) is 5.54. The Kier molecular flexibility index (Phi) is 3.37. The maximum atomic E-state index is 5.79. The maximum Gasteiger partial charge on any atom is 0.193 e. The van der Waals surface area contributed by atoms with Crippen LogP contribution in [-0.2, 0) is 0 Å². The van der Waals surface area contributed by atoms with Crippen molar-refractivity contribution in [3.63, 3.8) is 0 Å². The number of benzene rings is 1. The van der Waals surface area contributed by atoms with Gasteiger partial charge in [-0.1, -0.05) is 0 Å². The molecule has 0 spiro atoms. The largest absolute Gasteiger partial charge is 0.497 e. The smallest absolute Gasteiger partial charge is 0.193 e. The average Bonchev–Trinajstić information content (AvgIpc) is 3.12. The summed E-state index contributed by atoms with van der Waals surface area (Å²) < 4.78 is 10.3. The molecule has 17 heavy (non-hydrogen) atoms. The third-order valence-electron chi connectivity index (χ3n) is 2.49. The van der Waals surface area contributed by atoms with E-state index in [1.54, 1.807) is 20.3 Å². The lowest BCUT2D eigenvalue weighted by Crippen LogP contribution is -2.23. The van der Waals surface area contributed by atoms with Gasteiger partial charge in [0.15, 0.2) is 5.96 Å². The van der Waals surface area contributed by atoms with Crippen molar-refractivity contribution in [1.82, 2.24) is 0 Å². The lowest BCUT2D eigenvalue weighted by Gasteiger charge is -2.10. The van der Waals surface area contributed by atoms with Crippen LogP contribution in [0.1, 0.15) is 12.8 Å². The number of nitrogens with zero attached hydrogens (tertiary/aromatic N) is 1. The summed E-state index contributed by atoms with van der Waals surface area (Å²) in [5.41, 5.74) is 6.60. The number of anilines is 1. The van der Waals surface area contributed by atoms with Crippen molar-refractivity contribution < 1.29 is 9.47 Å². The number of nitrogens with two attached hydrogens (primary N) is 1. The summed E-state index contributed by atoms with van der Waals surface area (Å²) in [5.74, 6) is 1.86. The van der Waals surface area contributed by atoms with Crippen molar-refractivity contribution in [2.75, 3.05) is 19.5 Å². The number of ether oxygens (including phenoxy) is 2. The topological polar surface area (TPSA) is 68.9 Å². The predicted molar refractivity (Wildman–Crippen MR) is 67.8 cm³/mol. The minimum atomic E-state index is 0.398. The number of nitrogens with one attached hydrogen (secondary N) is 1. The first-order valence-electron chi connectivity index (χ1n) is 5.54. The molecule has 1 fully saturated rings. The summed E-state index contributed by atoms with van der Waals surface area (Å²) in [6, 6.07) is 5.89. The van der Waals surface area contributed by atoms with Crippen LogP contribution in [0.4, 0.5) is 5.69 Å². The van der Waals surface area contributed by atoms with E-state index in [0.717, 1.165) is 18.5 Å². The zero-order valence-corrected chi connectivity index (χ0v) is 10.1. The van der Waals surface area contributed by atoms with Crippen molar-refractivity contribution >= 4 is 11.6 Å². The van der Waals surface area contributed by atoms with Crippen LogP contribution in [0.2, 0.25) is 0 Å². The minimum absolute atomic E-state index is 0.398. The van der Waals surface area contributed by atoms with Gasteiger partial charge in [0.1, 0.15) is 11.5 Å². The molecular formula is C12H17N3O2. The second-order valence-corrected chi connectivity index (χ2v) is 3.97. The highest BCUT2D eigenvalue weighted by atomic mass is 16.5. The zero-order valence-electron chi connectivity index (χ0n) is 10.1. The molecule has 1 aromatic rings. The van der Waals surface area contributed by atoms with Gasteiger partial charge in [-0.15, -0.1) is 0 Å². The molecule has 0 bridgehead atoms. The number of methoxy groups -OCH3 is 2. The molecule has 5 nitrogen and oxygen atoms in total.